The van der Waals surface area contributed by atoms with E-state index in [1.165, 1.54) is 13.2 Å². The molecule has 0 saturated carbocycles. The minimum atomic E-state index is -3.99. The molecule has 142 valence electrons. The molecule has 0 bridgehead atoms. The predicted molar refractivity (Wildman–Crippen MR) is 101 cm³/mol. The van der Waals surface area contributed by atoms with E-state index in [0.717, 1.165) is 18.5 Å². The standard InChI is InChI=1S/C17H17N3O5S2/c1-11-9-19-17-13(5-4-6-14(17)25-2)16(11)20-27(23,24)12-7-8-15(18-10-12)26(3,21)22/h4-10H,1-3H3,(H,19,20). The van der Waals surface area contributed by atoms with Crippen molar-refractivity contribution in [3.05, 3.63) is 48.3 Å². The summed E-state index contributed by atoms with van der Waals surface area (Å²) in [7, 11) is -5.99. The molecule has 27 heavy (non-hydrogen) atoms. The summed E-state index contributed by atoms with van der Waals surface area (Å²) in [4.78, 5) is 7.89. The molecule has 10 heteroatoms. The number of para-hydroxylation sites is 1. The van der Waals surface area contributed by atoms with Gasteiger partial charge < -0.3 is 4.74 Å². The molecule has 0 aliphatic heterocycles. The van der Waals surface area contributed by atoms with Gasteiger partial charge in [-0.05, 0) is 30.7 Å². The van der Waals surface area contributed by atoms with Gasteiger partial charge in [0, 0.05) is 24.0 Å². The maximum absolute atomic E-state index is 12.8. The third-order valence-corrected chi connectivity index (χ3v) is 6.24. The number of nitrogens with zero attached hydrogens (tertiary/aromatic N) is 2. The molecule has 2 aromatic heterocycles. The number of sulfonamides is 1. The average Bonchev–Trinajstić information content (AvgIpc) is 2.63. The second kappa shape index (κ2) is 6.78. The summed E-state index contributed by atoms with van der Waals surface area (Å²) < 4.78 is 56.3. The number of aromatic nitrogens is 2. The molecule has 0 fully saturated rings. The molecule has 2 heterocycles. The maximum atomic E-state index is 12.8. The van der Waals surface area contributed by atoms with Gasteiger partial charge in [-0.1, -0.05) is 12.1 Å². The third-order valence-electron chi connectivity index (χ3n) is 3.91. The Hall–Kier alpha value is -2.72. The molecule has 0 atom stereocenters. The van der Waals surface area contributed by atoms with Crippen LogP contribution in [0.4, 0.5) is 5.69 Å². The molecule has 0 saturated heterocycles. The number of methoxy groups -OCH3 is 1. The van der Waals surface area contributed by atoms with Crippen LogP contribution >= 0.6 is 0 Å². The van der Waals surface area contributed by atoms with E-state index in [-0.39, 0.29) is 9.92 Å². The summed E-state index contributed by atoms with van der Waals surface area (Å²) in [6.07, 6.45) is 3.56. The van der Waals surface area contributed by atoms with Crippen molar-refractivity contribution in [1.82, 2.24) is 9.97 Å². The number of sulfone groups is 1. The van der Waals surface area contributed by atoms with Gasteiger partial charge in [-0.3, -0.25) is 9.71 Å². The van der Waals surface area contributed by atoms with Crippen LogP contribution in [-0.2, 0) is 19.9 Å². The second-order valence-electron chi connectivity index (χ2n) is 5.88. The zero-order chi connectivity index (χ0) is 19.8. The van der Waals surface area contributed by atoms with E-state index in [0.29, 0.717) is 27.9 Å². The number of nitrogens with one attached hydrogen (secondary N) is 1. The number of pyridine rings is 2. The number of hydrogen-bond donors (Lipinski definition) is 1. The first-order chi connectivity index (χ1) is 12.6. The van der Waals surface area contributed by atoms with Crippen molar-refractivity contribution in [3.8, 4) is 5.75 Å². The molecular weight excluding hydrogens is 390 g/mol. The van der Waals surface area contributed by atoms with Crippen LogP contribution in [0.15, 0.2) is 52.6 Å². The van der Waals surface area contributed by atoms with Gasteiger partial charge in [0.25, 0.3) is 10.0 Å². The number of fused-ring (bicyclic) bond motifs is 1. The van der Waals surface area contributed by atoms with Crippen molar-refractivity contribution >= 4 is 36.5 Å². The first-order valence-electron chi connectivity index (χ1n) is 7.75. The lowest BCUT2D eigenvalue weighted by atomic mass is 10.1. The largest absolute Gasteiger partial charge is 0.494 e. The lowest BCUT2D eigenvalue weighted by Crippen LogP contribution is -2.15. The molecule has 0 spiro atoms. The fourth-order valence-electron chi connectivity index (χ4n) is 2.53. The number of ether oxygens (including phenoxy) is 1. The normalized spacial score (nSPS) is 12.1. The number of anilines is 1. The van der Waals surface area contributed by atoms with E-state index < -0.39 is 19.9 Å². The van der Waals surface area contributed by atoms with Crippen LogP contribution < -0.4 is 9.46 Å². The summed E-state index contributed by atoms with van der Waals surface area (Å²) in [5.74, 6) is 0.520. The van der Waals surface area contributed by atoms with Gasteiger partial charge in [0.05, 0.1) is 12.8 Å². The molecule has 0 aliphatic rings. The van der Waals surface area contributed by atoms with E-state index in [2.05, 4.69) is 14.7 Å². The van der Waals surface area contributed by atoms with Crippen LogP contribution in [0.2, 0.25) is 0 Å². The quantitative estimate of drug-likeness (QED) is 0.689. The van der Waals surface area contributed by atoms with Crippen LogP contribution in [0.5, 0.6) is 5.75 Å². The first-order valence-corrected chi connectivity index (χ1v) is 11.1. The topological polar surface area (TPSA) is 115 Å². The Morgan fingerprint density at radius 1 is 1.00 bits per heavy atom. The molecule has 1 N–H and O–H groups in total. The highest BCUT2D eigenvalue weighted by Crippen LogP contribution is 2.32. The van der Waals surface area contributed by atoms with Crippen LogP contribution in [0.25, 0.3) is 10.9 Å². The highest BCUT2D eigenvalue weighted by Gasteiger charge is 2.20. The fourth-order valence-corrected chi connectivity index (χ4v) is 4.19. The van der Waals surface area contributed by atoms with Crippen molar-refractivity contribution < 1.29 is 21.6 Å². The fraction of sp³-hybridized carbons (Fsp3) is 0.176. The summed E-state index contributed by atoms with van der Waals surface area (Å²) in [5, 5.41) is 0.385. The van der Waals surface area contributed by atoms with Gasteiger partial charge in [-0.25, -0.2) is 21.8 Å². The van der Waals surface area contributed by atoms with E-state index >= 15 is 0 Å². The van der Waals surface area contributed by atoms with Crippen LogP contribution in [0.1, 0.15) is 5.56 Å². The number of benzene rings is 1. The monoisotopic (exact) mass is 407 g/mol. The smallest absolute Gasteiger partial charge is 0.263 e. The van der Waals surface area contributed by atoms with Gasteiger partial charge >= 0.3 is 0 Å². The van der Waals surface area contributed by atoms with E-state index in [1.54, 1.807) is 31.3 Å². The Morgan fingerprint density at radius 3 is 2.33 bits per heavy atom. The lowest BCUT2D eigenvalue weighted by molar-refractivity contribution is 0.419. The van der Waals surface area contributed by atoms with Crippen molar-refractivity contribution in [2.24, 2.45) is 0 Å². The third kappa shape index (κ3) is 3.71. The predicted octanol–water partition coefficient (Wildman–Crippen LogP) is 2.15. The van der Waals surface area contributed by atoms with Crippen molar-refractivity contribution in [1.29, 1.82) is 0 Å². The van der Waals surface area contributed by atoms with Crippen molar-refractivity contribution in [3.63, 3.8) is 0 Å². The minimum Gasteiger partial charge on any atom is -0.494 e. The van der Waals surface area contributed by atoms with E-state index in [9.17, 15) is 16.8 Å². The molecule has 3 rings (SSSR count). The van der Waals surface area contributed by atoms with Gasteiger partial charge in [0.15, 0.2) is 14.9 Å². The molecule has 0 amide bonds. The van der Waals surface area contributed by atoms with Crippen LogP contribution in [0.3, 0.4) is 0 Å². The van der Waals surface area contributed by atoms with Crippen molar-refractivity contribution in [2.75, 3.05) is 18.1 Å². The molecular formula is C17H17N3O5S2. The minimum absolute atomic E-state index is 0.151. The zero-order valence-electron chi connectivity index (χ0n) is 14.8. The van der Waals surface area contributed by atoms with E-state index in [4.69, 9.17) is 4.74 Å². The molecule has 0 aliphatic carbocycles. The van der Waals surface area contributed by atoms with Crippen molar-refractivity contribution in [2.45, 2.75) is 16.8 Å². The van der Waals surface area contributed by atoms with Gasteiger partial charge in [0.2, 0.25) is 0 Å². The summed E-state index contributed by atoms with van der Waals surface area (Å²) in [5.41, 5.74) is 1.51. The molecule has 1 aromatic carbocycles. The SMILES string of the molecule is COc1cccc2c(NS(=O)(=O)c3ccc(S(C)(=O)=O)nc3)c(C)cnc12. The summed E-state index contributed by atoms with van der Waals surface area (Å²) >= 11 is 0. The Labute approximate surface area is 157 Å². The maximum Gasteiger partial charge on any atom is 0.263 e. The zero-order valence-corrected chi connectivity index (χ0v) is 16.4. The number of hydrogen-bond acceptors (Lipinski definition) is 7. The second-order valence-corrected chi connectivity index (χ2v) is 9.53. The Bertz CT molecular complexity index is 1220. The number of aryl methyl sites for hydroxylation is 1. The summed E-state index contributed by atoms with van der Waals surface area (Å²) in [6, 6.07) is 7.56. The van der Waals surface area contributed by atoms with E-state index in [1.807, 2.05) is 0 Å². The van der Waals surface area contributed by atoms with Gasteiger partial charge in [-0.15, -0.1) is 0 Å². The molecule has 8 nitrogen and oxygen atoms in total. The molecule has 0 unspecified atom stereocenters. The summed E-state index contributed by atoms with van der Waals surface area (Å²) in [6.45, 7) is 1.73. The van der Waals surface area contributed by atoms with Crippen LogP contribution in [-0.4, -0.2) is 40.2 Å². The highest BCUT2D eigenvalue weighted by molar-refractivity contribution is 7.92. The Balaban J connectivity index is 2.07. The first kappa shape index (κ1) is 19.1. The average molecular weight is 407 g/mol. The van der Waals surface area contributed by atoms with Crippen LogP contribution in [0, 0.1) is 6.92 Å². The van der Waals surface area contributed by atoms with Gasteiger partial charge in [0.1, 0.15) is 16.2 Å². The lowest BCUT2D eigenvalue weighted by Gasteiger charge is -2.14. The molecule has 3 aromatic rings. The van der Waals surface area contributed by atoms with Gasteiger partial charge in [-0.2, -0.15) is 0 Å². The number of rotatable bonds is 5. The Kier molecular flexibility index (Phi) is 4.79. The Morgan fingerprint density at radius 2 is 1.74 bits per heavy atom. The highest BCUT2D eigenvalue weighted by atomic mass is 32.2. The molecule has 0 radical (unpaired) electrons.